The molecule has 1 rings (SSSR count). The van der Waals surface area contributed by atoms with Gasteiger partial charge in [-0.25, -0.2) is 0 Å². The largest absolute Gasteiger partial charge is 0.394 e. The van der Waals surface area contributed by atoms with Gasteiger partial charge >= 0.3 is 0 Å². The summed E-state index contributed by atoms with van der Waals surface area (Å²) in [7, 11) is 0. The molecular weight excluding hydrogens is 242 g/mol. The van der Waals surface area contributed by atoms with Crippen LogP contribution in [0.15, 0.2) is 0 Å². The minimum Gasteiger partial charge on any atom is -0.394 e. The fraction of sp³-hybridized carbons (Fsp3) is 1.00. The van der Waals surface area contributed by atoms with Gasteiger partial charge < -0.3 is 10.4 Å². The van der Waals surface area contributed by atoms with Crippen LogP contribution >= 0.6 is 11.8 Å². The number of thioether (sulfide) groups is 1. The summed E-state index contributed by atoms with van der Waals surface area (Å²) in [6.45, 7) is 7.88. The number of rotatable bonds is 8. The SMILES string of the molecule is CCCNC(C)(CO)CC(C)SC1CCCCC1. The van der Waals surface area contributed by atoms with Gasteiger partial charge in [-0.15, -0.1) is 0 Å². The fourth-order valence-corrected chi connectivity index (χ4v) is 4.56. The summed E-state index contributed by atoms with van der Waals surface area (Å²) in [6, 6.07) is 0. The van der Waals surface area contributed by atoms with E-state index >= 15 is 0 Å². The van der Waals surface area contributed by atoms with Gasteiger partial charge in [0.15, 0.2) is 0 Å². The lowest BCUT2D eigenvalue weighted by Crippen LogP contribution is -2.47. The Morgan fingerprint density at radius 2 is 2.00 bits per heavy atom. The molecule has 2 N–H and O–H groups in total. The summed E-state index contributed by atoms with van der Waals surface area (Å²) in [5, 5.41) is 14.6. The van der Waals surface area contributed by atoms with Crippen LogP contribution in [0, 0.1) is 0 Å². The Morgan fingerprint density at radius 3 is 2.56 bits per heavy atom. The van der Waals surface area contributed by atoms with Crippen LogP contribution in [0.3, 0.4) is 0 Å². The van der Waals surface area contributed by atoms with Gasteiger partial charge in [0.25, 0.3) is 0 Å². The number of hydrogen-bond donors (Lipinski definition) is 2. The molecule has 0 aromatic heterocycles. The summed E-state index contributed by atoms with van der Waals surface area (Å²) < 4.78 is 0. The molecule has 1 saturated carbocycles. The molecule has 1 aliphatic carbocycles. The first-order valence-corrected chi connectivity index (χ1v) is 8.55. The van der Waals surface area contributed by atoms with Crippen LogP contribution in [0.25, 0.3) is 0 Å². The van der Waals surface area contributed by atoms with Crippen LogP contribution in [0.4, 0.5) is 0 Å². The highest BCUT2D eigenvalue weighted by atomic mass is 32.2. The van der Waals surface area contributed by atoms with Gasteiger partial charge in [-0.2, -0.15) is 11.8 Å². The Hall–Kier alpha value is 0.270. The van der Waals surface area contributed by atoms with Crippen LogP contribution in [0.5, 0.6) is 0 Å². The van der Waals surface area contributed by atoms with Crippen LogP contribution in [-0.4, -0.2) is 34.3 Å². The number of nitrogens with one attached hydrogen (secondary N) is 1. The number of aliphatic hydroxyl groups excluding tert-OH is 1. The third kappa shape index (κ3) is 5.94. The highest BCUT2D eigenvalue weighted by molar-refractivity contribution is 8.00. The van der Waals surface area contributed by atoms with Crippen LogP contribution in [0.1, 0.15) is 65.7 Å². The smallest absolute Gasteiger partial charge is 0.0611 e. The minimum atomic E-state index is -0.100. The quantitative estimate of drug-likeness (QED) is 0.709. The topological polar surface area (TPSA) is 32.3 Å². The van der Waals surface area contributed by atoms with E-state index in [1.807, 2.05) is 0 Å². The Morgan fingerprint density at radius 1 is 1.33 bits per heavy atom. The minimum absolute atomic E-state index is 0.100. The van der Waals surface area contributed by atoms with Crippen molar-refractivity contribution < 1.29 is 5.11 Å². The van der Waals surface area contributed by atoms with Gasteiger partial charge in [0.1, 0.15) is 0 Å². The van der Waals surface area contributed by atoms with Crippen molar-refractivity contribution in [2.75, 3.05) is 13.2 Å². The van der Waals surface area contributed by atoms with Gasteiger partial charge in [-0.1, -0.05) is 33.1 Å². The van der Waals surface area contributed by atoms with Crippen molar-refractivity contribution in [3.05, 3.63) is 0 Å². The fourth-order valence-electron chi connectivity index (χ4n) is 2.83. The van der Waals surface area contributed by atoms with Crippen molar-refractivity contribution >= 4 is 11.8 Å². The first kappa shape index (κ1) is 16.3. The zero-order valence-corrected chi connectivity index (χ0v) is 13.2. The molecule has 0 amide bonds. The van der Waals surface area contributed by atoms with Crippen molar-refractivity contribution in [1.29, 1.82) is 0 Å². The van der Waals surface area contributed by atoms with Gasteiger partial charge in [0.05, 0.1) is 6.61 Å². The molecule has 0 aromatic carbocycles. The van der Waals surface area contributed by atoms with Crippen molar-refractivity contribution in [3.63, 3.8) is 0 Å². The van der Waals surface area contributed by atoms with Crippen molar-refractivity contribution in [3.8, 4) is 0 Å². The molecule has 0 bridgehead atoms. The van der Waals surface area contributed by atoms with E-state index in [1.54, 1.807) is 0 Å². The number of aliphatic hydroxyl groups is 1. The Labute approximate surface area is 117 Å². The molecule has 0 aromatic rings. The van der Waals surface area contributed by atoms with Crippen LogP contribution in [0.2, 0.25) is 0 Å². The lowest BCUT2D eigenvalue weighted by molar-refractivity contribution is 0.166. The Bertz CT molecular complexity index is 219. The average Bonchev–Trinajstić information content (AvgIpc) is 2.37. The molecule has 2 nitrogen and oxygen atoms in total. The molecule has 0 radical (unpaired) electrons. The summed E-state index contributed by atoms with van der Waals surface area (Å²) in [6.07, 6.45) is 9.23. The van der Waals surface area contributed by atoms with E-state index in [1.165, 1.54) is 32.1 Å². The zero-order chi connectivity index (χ0) is 13.4. The molecule has 0 spiro atoms. The molecule has 1 fully saturated rings. The predicted octanol–water partition coefficient (Wildman–Crippen LogP) is 3.58. The van der Waals surface area contributed by atoms with Gasteiger partial charge in [0.2, 0.25) is 0 Å². The molecule has 18 heavy (non-hydrogen) atoms. The molecule has 2 unspecified atom stereocenters. The molecule has 0 aliphatic heterocycles. The average molecular weight is 273 g/mol. The molecule has 0 heterocycles. The first-order chi connectivity index (χ1) is 8.59. The molecule has 2 atom stereocenters. The highest BCUT2D eigenvalue weighted by Crippen LogP contribution is 2.33. The van der Waals surface area contributed by atoms with Crippen LogP contribution < -0.4 is 5.32 Å². The monoisotopic (exact) mass is 273 g/mol. The molecule has 3 heteroatoms. The second kappa shape index (κ2) is 8.44. The predicted molar refractivity (Wildman–Crippen MR) is 82.3 cm³/mol. The molecule has 1 aliphatic rings. The zero-order valence-electron chi connectivity index (χ0n) is 12.4. The van der Waals surface area contributed by atoms with E-state index in [-0.39, 0.29) is 12.1 Å². The summed E-state index contributed by atoms with van der Waals surface area (Å²) >= 11 is 2.15. The van der Waals surface area contributed by atoms with E-state index in [0.717, 1.165) is 24.6 Å². The normalized spacial score (nSPS) is 22.7. The molecule has 0 saturated heterocycles. The maximum absolute atomic E-state index is 9.59. The summed E-state index contributed by atoms with van der Waals surface area (Å²) in [4.78, 5) is 0. The Kier molecular flexibility index (Phi) is 7.66. The van der Waals surface area contributed by atoms with Crippen molar-refractivity contribution in [2.45, 2.75) is 81.8 Å². The Balaban J connectivity index is 2.33. The highest BCUT2D eigenvalue weighted by Gasteiger charge is 2.27. The lowest BCUT2D eigenvalue weighted by atomic mass is 9.97. The van der Waals surface area contributed by atoms with E-state index in [2.05, 4.69) is 37.8 Å². The first-order valence-electron chi connectivity index (χ1n) is 7.61. The standard InChI is InChI=1S/C15H31NOS/c1-4-10-16-15(3,12-17)11-13(2)18-14-8-6-5-7-9-14/h13-14,16-17H,4-12H2,1-3H3. The molecular formula is C15H31NOS. The second-order valence-electron chi connectivity index (χ2n) is 6.06. The lowest BCUT2D eigenvalue weighted by Gasteiger charge is -2.33. The van der Waals surface area contributed by atoms with E-state index in [9.17, 15) is 5.11 Å². The van der Waals surface area contributed by atoms with Gasteiger partial charge in [-0.05, 0) is 39.2 Å². The molecule has 108 valence electrons. The number of hydrogen-bond acceptors (Lipinski definition) is 3. The van der Waals surface area contributed by atoms with Gasteiger partial charge in [0, 0.05) is 16.0 Å². The summed E-state index contributed by atoms with van der Waals surface area (Å²) in [5.74, 6) is 0. The van der Waals surface area contributed by atoms with E-state index in [0.29, 0.717) is 5.25 Å². The summed E-state index contributed by atoms with van der Waals surface area (Å²) in [5.41, 5.74) is -0.100. The van der Waals surface area contributed by atoms with Gasteiger partial charge in [-0.3, -0.25) is 0 Å². The van der Waals surface area contributed by atoms with Crippen molar-refractivity contribution in [1.82, 2.24) is 5.32 Å². The van der Waals surface area contributed by atoms with Crippen LogP contribution in [-0.2, 0) is 0 Å². The second-order valence-corrected chi connectivity index (χ2v) is 7.80. The maximum atomic E-state index is 9.59. The van der Waals surface area contributed by atoms with E-state index < -0.39 is 0 Å². The third-order valence-electron chi connectivity index (χ3n) is 3.87. The third-order valence-corrected chi connectivity index (χ3v) is 5.35. The maximum Gasteiger partial charge on any atom is 0.0611 e. The van der Waals surface area contributed by atoms with Crippen molar-refractivity contribution in [2.24, 2.45) is 0 Å². The van der Waals surface area contributed by atoms with E-state index in [4.69, 9.17) is 0 Å².